The number of nitrogens with zero attached hydrogens (tertiary/aromatic N) is 1. The molecule has 0 spiro atoms. The number of aromatic nitrogens is 1. The minimum atomic E-state index is -1.14. The first-order valence-electron chi connectivity index (χ1n) is 7.92. The first kappa shape index (κ1) is 16.9. The second-order valence-corrected chi connectivity index (χ2v) is 6.41. The predicted octanol–water partition coefficient (Wildman–Crippen LogP) is 2.35. The number of pyridine rings is 1. The van der Waals surface area contributed by atoms with Gasteiger partial charge in [0.1, 0.15) is 11.4 Å². The molecule has 0 aliphatic carbocycles. The minimum absolute atomic E-state index is 0.179. The van der Waals surface area contributed by atoms with E-state index >= 15 is 0 Å². The molecule has 1 aromatic heterocycles. The van der Waals surface area contributed by atoms with Crippen LogP contribution in [-0.2, 0) is 0 Å². The molecule has 1 atom stereocenters. The highest BCUT2D eigenvalue weighted by Gasteiger charge is 2.32. The van der Waals surface area contributed by atoms with Crippen molar-refractivity contribution in [3.63, 3.8) is 0 Å². The van der Waals surface area contributed by atoms with Crippen LogP contribution in [0.15, 0.2) is 64.4 Å². The lowest BCUT2D eigenvalue weighted by molar-refractivity contribution is 0.0589. The molecular formula is C19H19N3O3. The number of nitrogens with one attached hydrogen (secondary N) is 2. The molecule has 0 saturated carbocycles. The van der Waals surface area contributed by atoms with Crippen molar-refractivity contribution in [2.75, 3.05) is 10.6 Å². The van der Waals surface area contributed by atoms with E-state index in [1.807, 2.05) is 30.3 Å². The summed E-state index contributed by atoms with van der Waals surface area (Å²) >= 11 is 0. The summed E-state index contributed by atoms with van der Waals surface area (Å²) in [4.78, 5) is 27.9. The minimum Gasteiger partial charge on any atom is -0.388 e. The Morgan fingerprint density at radius 3 is 2.16 bits per heavy atom. The van der Waals surface area contributed by atoms with Gasteiger partial charge >= 0.3 is 0 Å². The van der Waals surface area contributed by atoms with Crippen LogP contribution in [-0.4, -0.2) is 15.7 Å². The molecule has 6 nitrogen and oxygen atoms in total. The van der Waals surface area contributed by atoms with Crippen LogP contribution in [0.25, 0.3) is 0 Å². The summed E-state index contributed by atoms with van der Waals surface area (Å²) < 4.78 is 0. The van der Waals surface area contributed by atoms with Gasteiger partial charge in [-0.25, -0.2) is 0 Å². The van der Waals surface area contributed by atoms with Gasteiger partial charge in [-0.2, -0.15) is 0 Å². The molecule has 0 aliphatic heterocycles. The zero-order chi connectivity index (χ0) is 18.0. The molecule has 25 heavy (non-hydrogen) atoms. The first-order chi connectivity index (χ1) is 11.9. The Bertz CT molecular complexity index is 924. The van der Waals surface area contributed by atoms with Crippen LogP contribution in [0.2, 0.25) is 0 Å². The summed E-state index contributed by atoms with van der Waals surface area (Å²) in [6.45, 7) is 3.30. The van der Waals surface area contributed by atoms with Crippen molar-refractivity contribution in [2.45, 2.75) is 25.5 Å². The van der Waals surface area contributed by atoms with Crippen LogP contribution in [0, 0.1) is 0 Å². The first-order valence-corrected chi connectivity index (χ1v) is 7.92. The average Bonchev–Trinajstić information content (AvgIpc) is 2.61. The van der Waals surface area contributed by atoms with Crippen LogP contribution in [0.3, 0.4) is 0 Å². The third-order valence-electron chi connectivity index (χ3n) is 3.99. The van der Waals surface area contributed by atoms with E-state index in [-0.39, 0.29) is 11.4 Å². The van der Waals surface area contributed by atoms with Crippen LogP contribution >= 0.6 is 0 Å². The maximum atomic E-state index is 12.1. The van der Waals surface area contributed by atoms with Gasteiger partial charge < -0.3 is 15.7 Å². The quantitative estimate of drug-likeness (QED) is 0.598. The second kappa shape index (κ2) is 6.49. The molecule has 0 unspecified atom stereocenters. The third-order valence-corrected chi connectivity index (χ3v) is 3.99. The van der Waals surface area contributed by atoms with Gasteiger partial charge in [-0.1, -0.05) is 30.3 Å². The molecule has 0 radical (unpaired) electrons. The van der Waals surface area contributed by atoms with Crippen molar-refractivity contribution in [1.29, 1.82) is 0 Å². The summed E-state index contributed by atoms with van der Waals surface area (Å²) in [6, 6.07) is 12.2. The zero-order valence-corrected chi connectivity index (χ0v) is 14.0. The topological polar surface area (TPSA) is 91.3 Å². The van der Waals surface area contributed by atoms with E-state index in [9.17, 15) is 14.7 Å². The number of aliphatic hydroxyl groups is 1. The lowest BCUT2D eigenvalue weighted by atomic mass is 9.91. The van der Waals surface area contributed by atoms with Gasteiger partial charge in [0.05, 0.1) is 11.6 Å². The molecule has 3 aromatic rings. The molecule has 6 heteroatoms. The van der Waals surface area contributed by atoms with E-state index in [2.05, 4.69) is 15.6 Å². The van der Waals surface area contributed by atoms with Gasteiger partial charge in [0.15, 0.2) is 0 Å². The molecule has 0 fully saturated rings. The smallest absolute Gasteiger partial charge is 0.253 e. The zero-order valence-electron chi connectivity index (χ0n) is 14.0. The number of anilines is 3. The third kappa shape index (κ3) is 3.44. The fourth-order valence-corrected chi connectivity index (χ4v) is 2.69. The maximum absolute atomic E-state index is 12.1. The maximum Gasteiger partial charge on any atom is 0.253 e. The Kier molecular flexibility index (Phi) is 4.37. The normalized spacial score (nSPS) is 12.8. The van der Waals surface area contributed by atoms with Crippen molar-refractivity contribution < 1.29 is 5.11 Å². The Hall–Kier alpha value is -2.99. The van der Waals surface area contributed by atoms with E-state index in [1.165, 1.54) is 0 Å². The number of hydrogen-bond donors (Lipinski definition) is 3. The monoisotopic (exact) mass is 337 g/mol. The Morgan fingerprint density at radius 1 is 0.960 bits per heavy atom. The summed E-state index contributed by atoms with van der Waals surface area (Å²) in [6.07, 6.45) is 3.18. The van der Waals surface area contributed by atoms with E-state index < -0.39 is 22.5 Å². The largest absolute Gasteiger partial charge is 0.388 e. The standard InChI is InChI=1S/C19H19N3O3/c1-19(2,25)18(12-6-4-3-5-7-12)22-15-14(16(23)17(15)24)21-13-8-10-20-11-9-13/h3-11,18,22,25H,1-2H3,(H,20,21)/t18-/m1/s1. The van der Waals surface area contributed by atoms with Crippen molar-refractivity contribution >= 4 is 17.1 Å². The molecule has 0 aliphatic rings. The molecule has 3 rings (SSSR count). The molecular weight excluding hydrogens is 318 g/mol. The molecule has 2 aromatic carbocycles. The van der Waals surface area contributed by atoms with Gasteiger partial charge in [-0.05, 0) is 31.5 Å². The fourth-order valence-electron chi connectivity index (χ4n) is 2.69. The Balaban J connectivity index is 1.93. The molecule has 3 N–H and O–H groups in total. The van der Waals surface area contributed by atoms with E-state index in [1.54, 1.807) is 38.4 Å². The molecule has 0 amide bonds. The SMILES string of the molecule is CC(C)(O)[C@H](Nc1c(Nc2ccncc2)c(=O)c1=O)c1ccccc1. The van der Waals surface area contributed by atoms with Crippen molar-refractivity contribution in [3.05, 3.63) is 80.9 Å². The van der Waals surface area contributed by atoms with Gasteiger partial charge in [0.25, 0.3) is 10.9 Å². The predicted molar refractivity (Wildman–Crippen MR) is 98.0 cm³/mol. The molecule has 0 bridgehead atoms. The summed E-state index contributed by atoms with van der Waals surface area (Å²) in [5.41, 5.74) is -0.472. The van der Waals surface area contributed by atoms with E-state index in [0.29, 0.717) is 5.69 Å². The lowest BCUT2D eigenvalue weighted by Gasteiger charge is -2.32. The van der Waals surface area contributed by atoms with Crippen LogP contribution in [0.1, 0.15) is 25.5 Å². The number of rotatable bonds is 6. The van der Waals surface area contributed by atoms with Crippen LogP contribution in [0.5, 0.6) is 0 Å². The summed E-state index contributed by atoms with van der Waals surface area (Å²) in [5.74, 6) is 0. The second-order valence-electron chi connectivity index (χ2n) is 6.41. The van der Waals surface area contributed by atoms with Gasteiger partial charge in [0, 0.05) is 18.1 Å². The van der Waals surface area contributed by atoms with Gasteiger partial charge in [-0.15, -0.1) is 0 Å². The highest BCUT2D eigenvalue weighted by Crippen LogP contribution is 2.31. The number of benzene rings is 1. The summed E-state index contributed by atoms with van der Waals surface area (Å²) in [5, 5.41) is 16.5. The van der Waals surface area contributed by atoms with Crippen molar-refractivity contribution in [1.82, 2.24) is 4.98 Å². The average molecular weight is 337 g/mol. The Labute approximate surface area is 144 Å². The molecule has 0 saturated heterocycles. The van der Waals surface area contributed by atoms with Crippen LogP contribution < -0.4 is 21.5 Å². The van der Waals surface area contributed by atoms with E-state index in [4.69, 9.17) is 0 Å². The lowest BCUT2D eigenvalue weighted by Crippen LogP contribution is -2.42. The van der Waals surface area contributed by atoms with E-state index in [0.717, 1.165) is 5.56 Å². The highest BCUT2D eigenvalue weighted by atomic mass is 16.3. The van der Waals surface area contributed by atoms with Gasteiger partial charge in [-0.3, -0.25) is 14.6 Å². The number of hydrogen-bond acceptors (Lipinski definition) is 6. The molecule has 1 heterocycles. The fraction of sp³-hybridized carbons (Fsp3) is 0.211. The Morgan fingerprint density at radius 2 is 1.56 bits per heavy atom. The van der Waals surface area contributed by atoms with Crippen LogP contribution in [0.4, 0.5) is 17.1 Å². The summed E-state index contributed by atoms with van der Waals surface area (Å²) in [7, 11) is 0. The van der Waals surface area contributed by atoms with Gasteiger partial charge in [0.2, 0.25) is 0 Å². The van der Waals surface area contributed by atoms with Crippen molar-refractivity contribution in [2.24, 2.45) is 0 Å². The van der Waals surface area contributed by atoms with Crippen molar-refractivity contribution in [3.8, 4) is 0 Å². The molecule has 128 valence electrons. The highest BCUT2D eigenvalue weighted by molar-refractivity contribution is 5.79.